The fourth-order valence-electron chi connectivity index (χ4n) is 1.13. The molecular formula is C11H17N3OS. The number of ether oxygens (including phenoxy) is 1. The Hall–Kier alpha value is -1.36. The average molecular weight is 239 g/mol. The SMILES string of the molecule is COc1ccc(CNC(=S)NC(C)C)cn1. The van der Waals surface area contributed by atoms with Crippen molar-refractivity contribution in [1.29, 1.82) is 0 Å². The van der Waals surface area contributed by atoms with Crippen LogP contribution in [0.2, 0.25) is 0 Å². The van der Waals surface area contributed by atoms with Crippen molar-refractivity contribution in [2.24, 2.45) is 0 Å². The number of nitrogens with zero attached hydrogens (tertiary/aromatic N) is 1. The van der Waals surface area contributed by atoms with Crippen molar-refractivity contribution in [2.75, 3.05) is 7.11 Å². The molecule has 0 radical (unpaired) electrons. The highest BCUT2D eigenvalue weighted by Gasteiger charge is 1.99. The van der Waals surface area contributed by atoms with E-state index in [-0.39, 0.29) is 0 Å². The Balaban J connectivity index is 2.39. The third kappa shape index (κ3) is 4.44. The van der Waals surface area contributed by atoms with Crippen molar-refractivity contribution in [3.05, 3.63) is 23.9 Å². The monoisotopic (exact) mass is 239 g/mol. The Morgan fingerprint density at radius 1 is 1.50 bits per heavy atom. The van der Waals surface area contributed by atoms with Crippen LogP contribution in [-0.4, -0.2) is 23.2 Å². The molecular weight excluding hydrogens is 222 g/mol. The van der Waals surface area contributed by atoms with Gasteiger partial charge in [0.1, 0.15) is 0 Å². The third-order valence-electron chi connectivity index (χ3n) is 1.88. The molecule has 88 valence electrons. The Morgan fingerprint density at radius 3 is 2.75 bits per heavy atom. The van der Waals surface area contributed by atoms with Gasteiger partial charge >= 0.3 is 0 Å². The van der Waals surface area contributed by atoms with Crippen molar-refractivity contribution >= 4 is 17.3 Å². The third-order valence-corrected chi connectivity index (χ3v) is 2.14. The Bertz CT molecular complexity index is 338. The van der Waals surface area contributed by atoms with E-state index >= 15 is 0 Å². The van der Waals surface area contributed by atoms with Crippen LogP contribution < -0.4 is 15.4 Å². The highest BCUT2D eigenvalue weighted by Crippen LogP contribution is 2.05. The molecule has 1 aromatic heterocycles. The second-order valence-corrected chi connectivity index (χ2v) is 4.10. The first-order chi connectivity index (χ1) is 7.61. The zero-order valence-corrected chi connectivity index (χ0v) is 10.6. The zero-order chi connectivity index (χ0) is 12.0. The molecule has 0 aliphatic rings. The summed E-state index contributed by atoms with van der Waals surface area (Å²) in [6, 6.07) is 4.13. The van der Waals surface area contributed by atoms with Gasteiger partial charge in [0.15, 0.2) is 5.11 Å². The van der Waals surface area contributed by atoms with E-state index in [1.54, 1.807) is 13.3 Å². The number of hydrogen-bond donors (Lipinski definition) is 2. The highest BCUT2D eigenvalue weighted by molar-refractivity contribution is 7.80. The topological polar surface area (TPSA) is 46.2 Å². The number of thiocarbonyl (C=S) groups is 1. The van der Waals surface area contributed by atoms with E-state index in [0.29, 0.717) is 23.6 Å². The number of methoxy groups -OCH3 is 1. The van der Waals surface area contributed by atoms with Crippen molar-refractivity contribution in [3.8, 4) is 5.88 Å². The number of rotatable bonds is 4. The number of pyridine rings is 1. The molecule has 0 atom stereocenters. The summed E-state index contributed by atoms with van der Waals surface area (Å²) >= 11 is 5.11. The van der Waals surface area contributed by atoms with Crippen molar-refractivity contribution in [1.82, 2.24) is 15.6 Å². The lowest BCUT2D eigenvalue weighted by Gasteiger charge is -2.12. The van der Waals surface area contributed by atoms with Crippen LogP contribution in [0.1, 0.15) is 19.4 Å². The molecule has 0 aromatic carbocycles. The summed E-state index contributed by atoms with van der Waals surface area (Å²) in [7, 11) is 1.60. The minimum Gasteiger partial charge on any atom is -0.481 e. The lowest BCUT2D eigenvalue weighted by Crippen LogP contribution is -2.38. The molecule has 0 aliphatic carbocycles. The summed E-state index contributed by atoms with van der Waals surface area (Å²) in [6.45, 7) is 4.75. The van der Waals surface area contributed by atoms with E-state index < -0.39 is 0 Å². The zero-order valence-electron chi connectivity index (χ0n) is 9.78. The number of hydrogen-bond acceptors (Lipinski definition) is 3. The van der Waals surface area contributed by atoms with Crippen molar-refractivity contribution in [3.63, 3.8) is 0 Å². The number of aromatic nitrogens is 1. The first-order valence-electron chi connectivity index (χ1n) is 5.15. The fraction of sp³-hybridized carbons (Fsp3) is 0.455. The van der Waals surface area contributed by atoms with Crippen LogP contribution in [0.5, 0.6) is 5.88 Å². The molecule has 0 unspecified atom stereocenters. The standard InChI is InChI=1S/C11H17N3OS/c1-8(2)14-11(16)13-7-9-4-5-10(15-3)12-6-9/h4-6,8H,7H2,1-3H3,(H2,13,14,16). The van der Waals surface area contributed by atoms with E-state index in [0.717, 1.165) is 5.56 Å². The lowest BCUT2D eigenvalue weighted by molar-refractivity contribution is 0.397. The molecule has 0 spiro atoms. The summed E-state index contributed by atoms with van der Waals surface area (Å²) in [6.07, 6.45) is 1.77. The maximum Gasteiger partial charge on any atom is 0.212 e. The van der Waals surface area contributed by atoms with Gasteiger partial charge in [-0.3, -0.25) is 0 Å². The van der Waals surface area contributed by atoms with Gasteiger partial charge in [0.05, 0.1) is 7.11 Å². The van der Waals surface area contributed by atoms with Crippen LogP contribution in [0.15, 0.2) is 18.3 Å². The van der Waals surface area contributed by atoms with E-state index in [1.165, 1.54) is 0 Å². The fourth-order valence-corrected chi connectivity index (χ4v) is 1.44. The molecule has 1 aromatic rings. The molecule has 5 heteroatoms. The molecule has 0 saturated heterocycles. The van der Waals surface area contributed by atoms with Crippen LogP contribution in [0.3, 0.4) is 0 Å². The molecule has 0 aliphatic heterocycles. The van der Waals surface area contributed by atoms with Crippen LogP contribution in [0.4, 0.5) is 0 Å². The van der Waals surface area contributed by atoms with Gasteiger partial charge < -0.3 is 15.4 Å². The molecule has 0 bridgehead atoms. The maximum atomic E-state index is 5.11. The van der Waals surface area contributed by atoms with Gasteiger partial charge in [-0.15, -0.1) is 0 Å². The first-order valence-corrected chi connectivity index (χ1v) is 5.56. The molecule has 2 N–H and O–H groups in total. The summed E-state index contributed by atoms with van der Waals surface area (Å²) < 4.78 is 4.98. The summed E-state index contributed by atoms with van der Waals surface area (Å²) in [5.74, 6) is 0.617. The van der Waals surface area contributed by atoms with Gasteiger partial charge in [-0.05, 0) is 31.6 Å². The lowest BCUT2D eigenvalue weighted by atomic mass is 10.3. The quantitative estimate of drug-likeness (QED) is 0.779. The molecule has 1 heterocycles. The van der Waals surface area contributed by atoms with Gasteiger partial charge in [-0.25, -0.2) is 4.98 Å². The summed E-state index contributed by atoms with van der Waals surface area (Å²) in [5.41, 5.74) is 1.06. The van der Waals surface area contributed by atoms with E-state index in [9.17, 15) is 0 Å². The van der Waals surface area contributed by atoms with Crippen LogP contribution >= 0.6 is 12.2 Å². The second-order valence-electron chi connectivity index (χ2n) is 3.69. The maximum absolute atomic E-state index is 5.11. The number of nitrogens with one attached hydrogen (secondary N) is 2. The minimum atomic E-state index is 0.342. The van der Waals surface area contributed by atoms with Crippen LogP contribution in [0, 0.1) is 0 Å². The Morgan fingerprint density at radius 2 is 2.25 bits per heavy atom. The molecule has 0 saturated carbocycles. The molecule has 1 rings (SSSR count). The Labute approximate surface area is 101 Å². The van der Waals surface area contributed by atoms with E-state index in [1.807, 2.05) is 26.0 Å². The van der Waals surface area contributed by atoms with Gasteiger partial charge in [0.25, 0.3) is 0 Å². The molecule has 0 amide bonds. The van der Waals surface area contributed by atoms with Gasteiger partial charge in [-0.2, -0.15) is 0 Å². The average Bonchev–Trinajstić information content (AvgIpc) is 2.26. The predicted octanol–water partition coefficient (Wildman–Crippen LogP) is 1.46. The normalized spacial score (nSPS) is 10.0. The molecule has 4 nitrogen and oxygen atoms in total. The van der Waals surface area contributed by atoms with E-state index in [4.69, 9.17) is 17.0 Å². The van der Waals surface area contributed by atoms with Crippen LogP contribution in [-0.2, 0) is 6.54 Å². The summed E-state index contributed by atoms with van der Waals surface area (Å²) in [5, 5.41) is 6.88. The molecule has 16 heavy (non-hydrogen) atoms. The van der Waals surface area contributed by atoms with Crippen molar-refractivity contribution < 1.29 is 4.74 Å². The van der Waals surface area contributed by atoms with Crippen molar-refractivity contribution in [2.45, 2.75) is 26.4 Å². The van der Waals surface area contributed by atoms with Gasteiger partial charge in [0, 0.05) is 24.8 Å². The highest BCUT2D eigenvalue weighted by atomic mass is 32.1. The largest absolute Gasteiger partial charge is 0.481 e. The first kappa shape index (κ1) is 12.7. The Kier molecular flexibility index (Phi) is 4.98. The van der Waals surface area contributed by atoms with Gasteiger partial charge in [-0.1, -0.05) is 6.07 Å². The van der Waals surface area contributed by atoms with E-state index in [2.05, 4.69) is 15.6 Å². The second kappa shape index (κ2) is 6.27. The summed E-state index contributed by atoms with van der Waals surface area (Å²) in [4.78, 5) is 4.11. The predicted molar refractivity (Wildman–Crippen MR) is 68.5 cm³/mol. The smallest absolute Gasteiger partial charge is 0.212 e. The minimum absolute atomic E-state index is 0.342. The van der Waals surface area contributed by atoms with Crippen LogP contribution in [0.25, 0.3) is 0 Å². The van der Waals surface area contributed by atoms with Gasteiger partial charge in [0.2, 0.25) is 5.88 Å². The molecule has 0 fully saturated rings.